The molecule has 1 aliphatic rings. The van der Waals surface area contributed by atoms with Crippen molar-refractivity contribution < 1.29 is 0 Å². The fourth-order valence-electron chi connectivity index (χ4n) is 7.70. The maximum atomic E-state index is 2.62. The van der Waals surface area contributed by atoms with Gasteiger partial charge < -0.3 is 9.47 Å². The SMILES string of the molecule is c1ccc(N(c2ccccc2)c2cccc3c2c2ccccc2n3C2(c3ccccc3)c3ccccc3-c3ccccc32)cc1. The lowest BCUT2D eigenvalue weighted by Crippen LogP contribution is -2.35. The Kier molecular flexibility index (Phi) is 5.76. The number of hydrogen-bond acceptors (Lipinski definition) is 1. The van der Waals surface area contributed by atoms with Gasteiger partial charge >= 0.3 is 0 Å². The molecule has 1 aliphatic carbocycles. The van der Waals surface area contributed by atoms with Crippen molar-refractivity contribution in [1.29, 1.82) is 0 Å². The molecule has 1 heterocycles. The molecule has 0 aliphatic heterocycles. The van der Waals surface area contributed by atoms with E-state index in [9.17, 15) is 0 Å². The average Bonchev–Trinajstić information content (AvgIpc) is 3.61. The van der Waals surface area contributed by atoms with Gasteiger partial charge in [0.15, 0.2) is 0 Å². The Morgan fingerprint density at radius 1 is 0.400 bits per heavy atom. The minimum atomic E-state index is -0.571. The lowest BCUT2D eigenvalue weighted by Gasteiger charge is -2.36. The van der Waals surface area contributed by atoms with E-state index in [1.807, 2.05) is 0 Å². The first-order valence-corrected chi connectivity index (χ1v) is 15.5. The number of benzene rings is 7. The van der Waals surface area contributed by atoms with Gasteiger partial charge in [0.1, 0.15) is 5.54 Å². The number of fused-ring (bicyclic) bond motifs is 6. The Morgan fingerprint density at radius 2 is 0.889 bits per heavy atom. The second-order valence-corrected chi connectivity index (χ2v) is 11.7. The van der Waals surface area contributed by atoms with E-state index in [0.29, 0.717) is 0 Å². The van der Waals surface area contributed by atoms with Gasteiger partial charge in [-0.15, -0.1) is 0 Å². The standard InChI is InChI=1S/C43H30N2/c1-4-17-31(18-5-1)43(37-26-13-10-23-34(37)35-24-11-14-27-38(35)43)45-39-28-15-12-25-36(39)42-40(29-16-30-41(42)45)44(32-19-6-2-7-20-32)33-21-8-3-9-22-33/h1-30H. The molecular weight excluding hydrogens is 544 g/mol. The Bertz CT molecular complexity index is 2230. The summed E-state index contributed by atoms with van der Waals surface area (Å²) in [6.45, 7) is 0. The third-order valence-corrected chi connectivity index (χ3v) is 9.40. The molecule has 0 saturated carbocycles. The van der Waals surface area contributed by atoms with E-state index in [4.69, 9.17) is 0 Å². The highest BCUT2D eigenvalue weighted by atomic mass is 15.2. The average molecular weight is 575 g/mol. The van der Waals surface area contributed by atoms with Crippen molar-refractivity contribution in [3.63, 3.8) is 0 Å². The summed E-state index contributed by atoms with van der Waals surface area (Å²) in [6.07, 6.45) is 0. The second-order valence-electron chi connectivity index (χ2n) is 11.7. The van der Waals surface area contributed by atoms with Crippen LogP contribution in [0.15, 0.2) is 182 Å². The van der Waals surface area contributed by atoms with Crippen molar-refractivity contribution in [2.24, 2.45) is 0 Å². The maximum absolute atomic E-state index is 2.62. The largest absolute Gasteiger partial charge is 0.322 e. The Balaban J connectivity index is 1.47. The lowest BCUT2D eigenvalue weighted by atomic mass is 9.80. The van der Waals surface area contributed by atoms with Crippen molar-refractivity contribution in [3.05, 3.63) is 199 Å². The van der Waals surface area contributed by atoms with Crippen LogP contribution in [-0.4, -0.2) is 4.57 Å². The van der Waals surface area contributed by atoms with Gasteiger partial charge in [0.2, 0.25) is 0 Å². The van der Waals surface area contributed by atoms with Crippen molar-refractivity contribution >= 4 is 38.9 Å². The summed E-state index contributed by atoms with van der Waals surface area (Å²) in [4.78, 5) is 2.39. The molecule has 0 atom stereocenters. The highest BCUT2D eigenvalue weighted by Gasteiger charge is 2.47. The third-order valence-electron chi connectivity index (χ3n) is 9.40. The predicted molar refractivity (Wildman–Crippen MR) is 188 cm³/mol. The zero-order chi connectivity index (χ0) is 29.8. The van der Waals surface area contributed by atoms with Gasteiger partial charge in [-0.25, -0.2) is 0 Å². The molecule has 2 nitrogen and oxygen atoms in total. The highest BCUT2D eigenvalue weighted by molar-refractivity contribution is 6.16. The monoisotopic (exact) mass is 574 g/mol. The lowest BCUT2D eigenvalue weighted by molar-refractivity contribution is 0.564. The molecule has 0 bridgehead atoms. The molecule has 7 aromatic carbocycles. The highest BCUT2D eigenvalue weighted by Crippen LogP contribution is 2.56. The normalized spacial score (nSPS) is 13.1. The van der Waals surface area contributed by atoms with E-state index in [0.717, 1.165) is 17.1 Å². The van der Waals surface area contributed by atoms with Crippen LogP contribution in [0.25, 0.3) is 32.9 Å². The van der Waals surface area contributed by atoms with Crippen LogP contribution >= 0.6 is 0 Å². The van der Waals surface area contributed by atoms with Gasteiger partial charge in [0.05, 0.1) is 16.7 Å². The predicted octanol–water partition coefficient (Wildman–Crippen LogP) is 11.1. The number of aromatic nitrogens is 1. The Morgan fingerprint density at radius 3 is 1.51 bits per heavy atom. The van der Waals surface area contributed by atoms with Crippen LogP contribution in [-0.2, 0) is 5.54 Å². The summed E-state index contributed by atoms with van der Waals surface area (Å²) in [5.74, 6) is 0. The minimum Gasteiger partial charge on any atom is -0.322 e. The van der Waals surface area contributed by atoms with Crippen molar-refractivity contribution in [1.82, 2.24) is 4.57 Å². The number of hydrogen-bond donors (Lipinski definition) is 0. The maximum Gasteiger partial charge on any atom is 0.122 e. The van der Waals surface area contributed by atoms with Crippen LogP contribution in [0.2, 0.25) is 0 Å². The number of nitrogens with zero attached hydrogens (tertiary/aromatic N) is 2. The van der Waals surface area contributed by atoms with Crippen LogP contribution in [0, 0.1) is 0 Å². The third kappa shape index (κ3) is 3.63. The number of rotatable bonds is 5. The first-order chi connectivity index (χ1) is 22.4. The second kappa shape index (κ2) is 10.1. The molecular formula is C43H30N2. The van der Waals surface area contributed by atoms with E-state index < -0.39 is 5.54 Å². The first kappa shape index (κ1) is 25.6. The summed E-state index contributed by atoms with van der Waals surface area (Å²) >= 11 is 0. The first-order valence-electron chi connectivity index (χ1n) is 15.5. The molecule has 0 N–H and O–H groups in total. The summed E-state index contributed by atoms with van der Waals surface area (Å²) < 4.78 is 2.62. The fourth-order valence-corrected chi connectivity index (χ4v) is 7.70. The van der Waals surface area contributed by atoms with Gasteiger partial charge in [-0.1, -0.05) is 140 Å². The molecule has 2 heteroatoms. The van der Waals surface area contributed by atoms with Crippen LogP contribution in [0.5, 0.6) is 0 Å². The Hall–Kier alpha value is -5.86. The fraction of sp³-hybridized carbons (Fsp3) is 0.0233. The van der Waals surface area contributed by atoms with E-state index in [1.165, 1.54) is 49.6 Å². The molecule has 0 spiro atoms. The summed E-state index contributed by atoms with van der Waals surface area (Å²) in [5, 5.41) is 2.47. The van der Waals surface area contributed by atoms with Crippen LogP contribution in [0.3, 0.4) is 0 Å². The van der Waals surface area contributed by atoms with Crippen molar-refractivity contribution in [3.8, 4) is 11.1 Å². The molecule has 0 amide bonds. The van der Waals surface area contributed by atoms with Gasteiger partial charge in [-0.3, -0.25) is 0 Å². The molecule has 0 fully saturated rings. The van der Waals surface area contributed by atoms with E-state index in [2.05, 4.69) is 191 Å². The summed E-state index contributed by atoms with van der Waals surface area (Å²) in [6, 6.07) is 66.1. The molecule has 9 rings (SSSR count). The molecule has 212 valence electrons. The zero-order valence-electron chi connectivity index (χ0n) is 24.7. The van der Waals surface area contributed by atoms with Crippen LogP contribution < -0.4 is 4.90 Å². The van der Waals surface area contributed by atoms with Crippen molar-refractivity contribution in [2.75, 3.05) is 4.90 Å². The molecule has 8 aromatic rings. The summed E-state index contributed by atoms with van der Waals surface area (Å²) in [7, 11) is 0. The van der Waals surface area contributed by atoms with E-state index in [1.54, 1.807) is 0 Å². The van der Waals surface area contributed by atoms with Crippen LogP contribution in [0.1, 0.15) is 16.7 Å². The number of anilines is 3. The van der Waals surface area contributed by atoms with Crippen molar-refractivity contribution in [2.45, 2.75) is 5.54 Å². The molecule has 0 saturated heterocycles. The molecule has 1 aromatic heterocycles. The van der Waals surface area contributed by atoms with Gasteiger partial charge in [0, 0.05) is 22.1 Å². The topological polar surface area (TPSA) is 8.17 Å². The van der Waals surface area contributed by atoms with Crippen LogP contribution in [0.4, 0.5) is 17.1 Å². The van der Waals surface area contributed by atoms with E-state index in [-0.39, 0.29) is 0 Å². The molecule has 0 radical (unpaired) electrons. The quantitative estimate of drug-likeness (QED) is 0.198. The van der Waals surface area contributed by atoms with Gasteiger partial charge in [0.25, 0.3) is 0 Å². The minimum absolute atomic E-state index is 0.571. The summed E-state index contributed by atoms with van der Waals surface area (Å²) in [5.41, 5.74) is 11.7. The van der Waals surface area contributed by atoms with Gasteiger partial charge in [-0.2, -0.15) is 0 Å². The molecule has 0 unspecified atom stereocenters. The Labute approximate surface area is 263 Å². The number of para-hydroxylation sites is 3. The van der Waals surface area contributed by atoms with E-state index >= 15 is 0 Å². The molecule has 45 heavy (non-hydrogen) atoms. The zero-order valence-corrected chi connectivity index (χ0v) is 24.7. The van der Waals surface area contributed by atoms with Gasteiger partial charge in [-0.05, 0) is 70.3 Å². The smallest absolute Gasteiger partial charge is 0.122 e.